The molecule has 1 heterocycles. The van der Waals surface area contributed by atoms with Gasteiger partial charge in [0.2, 0.25) is 0 Å². The van der Waals surface area contributed by atoms with Crippen LogP contribution in [-0.4, -0.2) is 20.6 Å². The Kier molecular flexibility index (Phi) is 3.71. The average Bonchev–Trinajstić information content (AvgIpc) is 2.73. The normalized spacial score (nSPS) is 11.6. The van der Waals surface area contributed by atoms with E-state index in [1.807, 2.05) is 0 Å². The molecule has 1 aromatic heterocycles. The van der Waals surface area contributed by atoms with E-state index in [-0.39, 0.29) is 5.56 Å². The highest BCUT2D eigenvalue weighted by molar-refractivity contribution is 7.99. The van der Waals surface area contributed by atoms with Crippen LogP contribution in [0.2, 0.25) is 0 Å². The minimum Gasteiger partial charge on any atom is -0.384 e. The van der Waals surface area contributed by atoms with Gasteiger partial charge in [-0.3, -0.25) is 5.41 Å². The molecule has 0 aliphatic carbocycles. The van der Waals surface area contributed by atoms with Crippen molar-refractivity contribution in [1.29, 1.82) is 5.41 Å². The van der Waals surface area contributed by atoms with E-state index in [0.717, 1.165) is 17.8 Å². The molecule has 0 spiro atoms. The van der Waals surface area contributed by atoms with Crippen LogP contribution >= 0.6 is 11.8 Å². The first-order chi connectivity index (χ1) is 9.29. The predicted molar refractivity (Wildman–Crippen MR) is 67.6 cm³/mol. The lowest BCUT2D eigenvalue weighted by Gasteiger charge is -2.13. The summed E-state index contributed by atoms with van der Waals surface area (Å²) in [6.07, 6.45) is -3.06. The molecule has 0 atom stereocenters. The largest absolute Gasteiger partial charge is 0.417 e. The average molecular weight is 301 g/mol. The first kappa shape index (κ1) is 14.4. The van der Waals surface area contributed by atoms with E-state index in [0.29, 0.717) is 10.1 Å². The fourth-order valence-corrected chi connectivity index (χ4v) is 2.33. The molecule has 9 heteroatoms. The lowest BCUT2D eigenvalue weighted by molar-refractivity contribution is -0.137. The molecule has 0 aliphatic heterocycles. The van der Waals surface area contributed by atoms with Gasteiger partial charge in [-0.15, -0.1) is 10.2 Å². The van der Waals surface area contributed by atoms with E-state index >= 15 is 0 Å². The van der Waals surface area contributed by atoms with Crippen molar-refractivity contribution < 1.29 is 13.2 Å². The fourth-order valence-electron chi connectivity index (χ4n) is 1.53. The number of aromatic nitrogens is 3. The van der Waals surface area contributed by atoms with Crippen molar-refractivity contribution in [2.24, 2.45) is 12.8 Å². The lowest BCUT2D eigenvalue weighted by atomic mass is 10.1. The number of nitrogens with zero attached hydrogens (tertiary/aromatic N) is 3. The van der Waals surface area contributed by atoms with Crippen LogP contribution in [0.1, 0.15) is 11.1 Å². The van der Waals surface area contributed by atoms with Gasteiger partial charge < -0.3 is 10.3 Å². The molecule has 0 fully saturated rings. The Balaban J connectivity index is 2.41. The zero-order chi connectivity index (χ0) is 14.9. The van der Waals surface area contributed by atoms with E-state index in [4.69, 9.17) is 11.1 Å². The third kappa shape index (κ3) is 2.93. The van der Waals surface area contributed by atoms with Crippen molar-refractivity contribution in [3.05, 3.63) is 35.7 Å². The molecule has 5 nitrogen and oxygen atoms in total. The smallest absolute Gasteiger partial charge is 0.384 e. The van der Waals surface area contributed by atoms with E-state index < -0.39 is 17.6 Å². The number of hydrogen-bond acceptors (Lipinski definition) is 4. The van der Waals surface area contributed by atoms with Crippen LogP contribution in [0, 0.1) is 5.41 Å². The first-order valence-electron chi connectivity index (χ1n) is 5.36. The Labute approximate surface area is 116 Å². The Morgan fingerprint density at radius 2 is 2.10 bits per heavy atom. The molecular formula is C11H10F3N5S. The molecule has 0 unspecified atom stereocenters. The number of halogens is 3. The highest BCUT2D eigenvalue weighted by atomic mass is 32.2. The van der Waals surface area contributed by atoms with Gasteiger partial charge in [-0.2, -0.15) is 13.2 Å². The van der Waals surface area contributed by atoms with Crippen LogP contribution in [0.25, 0.3) is 0 Å². The van der Waals surface area contributed by atoms with Gasteiger partial charge in [-0.05, 0) is 30.0 Å². The van der Waals surface area contributed by atoms with Gasteiger partial charge in [0.25, 0.3) is 0 Å². The molecule has 1 aromatic carbocycles. The molecule has 2 rings (SSSR count). The molecule has 0 saturated heterocycles. The molecule has 0 aliphatic rings. The summed E-state index contributed by atoms with van der Waals surface area (Å²) < 4.78 is 40.0. The molecule has 0 radical (unpaired) electrons. The van der Waals surface area contributed by atoms with Crippen molar-refractivity contribution in [3.63, 3.8) is 0 Å². The summed E-state index contributed by atoms with van der Waals surface area (Å²) >= 11 is 1.14. The summed E-state index contributed by atoms with van der Waals surface area (Å²) in [5.74, 6) is -0.627. The van der Waals surface area contributed by atoms with E-state index in [2.05, 4.69) is 10.2 Å². The number of alkyl halides is 3. The zero-order valence-electron chi connectivity index (χ0n) is 10.3. The summed E-state index contributed by atoms with van der Waals surface area (Å²) in [7, 11) is 1.72. The molecule has 0 bridgehead atoms. The van der Waals surface area contributed by atoms with Crippen molar-refractivity contribution in [3.8, 4) is 0 Å². The summed E-state index contributed by atoms with van der Waals surface area (Å²) in [6, 6.07) is 3.45. The molecule has 2 aromatic rings. The molecule has 20 heavy (non-hydrogen) atoms. The number of hydrogen-bond donors (Lipinski definition) is 2. The minimum absolute atomic E-state index is 0.343. The number of rotatable bonds is 3. The number of benzene rings is 1. The topological polar surface area (TPSA) is 80.6 Å². The second-order valence-electron chi connectivity index (χ2n) is 3.95. The highest BCUT2D eigenvalue weighted by Gasteiger charge is 2.34. The minimum atomic E-state index is -4.55. The maximum absolute atomic E-state index is 12.8. The second kappa shape index (κ2) is 5.16. The molecule has 106 valence electrons. The molecule has 0 saturated carbocycles. The maximum Gasteiger partial charge on any atom is 0.417 e. The molecule has 0 amide bonds. The van der Waals surface area contributed by atoms with E-state index in [1.165, 1.54) is 18.5 Å². The molecular weight excluding hydrogens is 291 g/mol. The Morgan fingerprint density at radius 3 is 2.60 bits per heavy atom. The summed E-state index contributed by atoms with van der Waals surface area (Å²) in [5, 5.41) is 15.3. The Hall–Kier alpha value is -2.03. The van der Waals surface area contributed by atoms with Crippen molar-refractivity contribution in [1.82, 2.24) is 14.8 Å². The maximum atomic E-state index is 12.8. The summed E-state index contributed by atoms with van der Waals surface area (Å²) in [4.78, 5) is 0.499. The SMILES string of the molecule is Cn1cnnc1Sc1ccc(C(F)(F)F)c(C(=N)N)c1. The van der Waals surface area contributed by atoms with Crippen LogP contribution in [0.3, 0.4) is 0 Å². The van der Waals surface area contributed by atoms with Crippen molar-refractivity contribution in [2.75, 3.05) is 0 Å². The van der Waals surface area contributed by atoms with Gasteiger partial charge in [-0.25, -0.2) is 0 Å². The van der Waals surface area contributed by atoms with Gasteiger partial charge in [-0.1, -0.05) is 0 Å². The third-order valence-corrected chi connectivity index (χ3v) is 3.51. The van der Waals surface area contributed by atoms with Crippen LogP contribution in [0.5, 0.6) is 0 Å². The standard InChI is InChI=1S/C11H10F3N5S/c1-19-5-17-18-10(19)20-6-2-3-8(11(12,13)14)7(4-6)9(15)16/h2-5H,1H3,(H3,15,16). The van der Waals surface area contributed by atoms with Gasteiger partial charge in [0.05, 0.1) is 5.56 Å². The fraction of sp³-hybridized carbons (Fsp3) is 0.182. The Bertz CT molecular complexity index is 650. The quantitative estimate of drug-likeness (QED) is 0.673. The summed E-state index contributed by atoms with van der Waals surface area (Å²) in [6.45, 7) is 0. The van der Waals surface area contributed by atoms with E-state index in [1.54, 1.807) is 11.6 Å². The van der Waals surface area contributed by atoms with E-state index in [9.17, 15) is 13.2 Å². The third-order valence-electron chi connectivity index (χ3n) is 2.47. The van der Waals surface area contributed by atoms with Crippen LogP contribution in [-0.2, 0) is 13.2 Å². The van der Waals surface area contributed by atoms with Gasteiger partial charge in [0.15, 0.2) is 5.16 Å². The second-order valence-corrected chi connectivity index (χ2v) is 4.99. The summed E-state index contributed by atoms with van der Waals surface area (Å²) in [5.41, 5.74) is 3.96. The van der Waals surface area contributed by atoms with Crippen LogP contribution in [0.4, 0.5) is 13.2 Å². The molecule has 3 N–H and O–H groups in total. The number of nitrogens with one attached hydrogen (secondary N) is 1. The monoisotopic (exact) mass is 301 g/mol. The first-order valence-corrected chi connectivity index (χ1v) is 6.18. The highest BCUT2D eigenvalue weighted by Crippen LogP contribution is 2.35. The van der Waals surface area contributed by atoms with Crippen LogP contribution < -0.4 is 5.73 Å². The van der Waals surface area contributed by atoms with Gasteiger partial charge >= 0.3 is 6.18 Å². The zero-order valence-corrected chi connectivity index (χ0v) is 11.1. The Morgan fingerprint density at radius 1 is 1.40 bits per heavy atom. The number of nitrogen functional groups attached to an aromatic ring is 1. The van der Waals surface area contributed by atoms with Crippen molar-refractivity contribution >= 4 is 17.6 Å². The van der Waals surface area contributed by atoms with Gasteiger partial charge in [0.1, 0.15) is 12.2 Å². The van der Waals surface area contributed by atoms with Crippen LogP contribution in [0.15, 0.2) is 34.6 Å². The predicted octanol–water partition coefficient (Wildman–Crippen LogP) is 2.27. The number of amidine groups is 1. The lowest BCUT2D eigenvalue weighted by Crippen LogP contribution is -2.18. The number of aryl methyl sites for hydroxylation is 1. The number of nitrogens with two attached hydrogens (primary N) is 1. The van der Waals surface area contributed by atoms with Crippen molar-refractivity contribution in [2.45, 2.75) is 16.2 Å². The van der Waals surface area contributed by atoms with Gasteiger partial charge in [0, 0.05) is 17.5 Å².